The van der Waals surface area contributed by atoms with E-state index in [1.54, 1.807) is 0 Å². The van der Waals surface area contributed by atoms with Gasteiger partial charge in [-0.25, -0.2) is 4.79 Å². The predicted molar refractivity (Wildman–Crippen MR) is 80.8 cm³/mol. The number of nitrogens with two attached hydrogens (primary N) is 1. The summed E-state index contributed by atoms with van der Waals surface area (Å²) in [6.45, 7) is 5.35. The topological polar surface area (TPSA) is 61.6 Å². The van der Waals surface area contributed by atoms with E-state index in [0.717, 1.165) is 38.3 Å². The molecular formula is C14H21ClN4O. The van der Waals surface area contributed by atoms with Gasteiger partial charge in [0.15, 0.2) is 0 Å². The fourth-order valence-electron chi connectivity index (χ4n) is 2.29. The number of carbonyl (C=O) groups excluding carboxylic acids is 1. The number of carbonyl (C=O) groups is 1. The molecule has 1 aliphatic rings. The number of hydrogen-bond acceptors (Lipinski definition) is 3. The normalized spacial score (nSPS) is 16.2. The van der Waals surface area contributed by atoms with E-state index < -0.39 is 0 Å². The summed E-state index contributed by atoms with van der Waals surface area (Å²) in [7, 11) is 0. The van der Waals surface area contributed by atoms with Crippen LogP contribution in [0.5, 0.6) is 0 Å². The third kappa shape index (κ3) is 4.37. The van der Waals surface area contributed by atoms with E-state index in [1.165, 1.54) is 0 Å². The highest BCUT2D eigenvalue weighted by Crippen LogP contribution is 2.10. The maximum absolute atomic E-state index is 12.1. The first kappa shape index (κ1) is 15.1. The molecule has 1 aromatic carbocycles. The molecule has 20 heavy (non-hydrogen) atoms. The number of urea groups is 1. The van der Waals surface area contributed by atoms with Crippen LogP contribution >= 0.6 is 11.6 Å². The Morgan fingerprint density at radius 1 is 1.30 bits per heavy atom. The van der Waals surface area contributed by atoms with Gasteiger partial charge in [-0.1, -0.05) is 23.7 Å². The van der Waals surface area contributed by atoms with Crippen LogP contribution in [0.25, 0.3) is 0 Å². The monoisotopic (exact) mass is 296 g/mol. The number of piperazine rings is 1. The molecule has 0 aromatic heterocycles. The molecule has 6 heteroatoms. The van der Waals surface area contributed by atoms with Crippen LogP contribution in [-0.2, 0) is 6.54 Å². The van der Waals surface area contributed by atoms with Gasteiger partial charge in [0.2, 0.25) is 0 Å². The van der Waals surface area contributed by atoms with Crippen LogP contribution in [-0.4, -0.2) is 55.1 Å². The highest BCUT2D eigenvalue weighted by Gasteiger charge is 2.20. The molecule has 0 spiro atoms. The van der Waals surface area contributed by atoms with Gasteiger partial charge in [-0.2, -0.15) is 0 Å². The summed E-state index contributed by atoms with van der Waals surface area (Å²) in [5.41, 5.74) is 6.54. The van der Waals surface area contributed by atoms with Crippen molar-refractivity contribution < 1.29 is 4.79 Å². The molecule has 3 N–H and O–H groups in total. The molecular weight excluding hydrogens is 276 g/mol. The third-order valence-corrected chi connectivity index (χ3v) is 3.67. The molecule has 1 aliphatic heterocycles. The Hall–Kier alpha value is -1.30. The van der Waals surface area contributed by atoms with Crippen LogP contribution in [0, 0.1) is 0 Å². The molecule has 1 heterocycles. The zero-order chi connectivity index (χ0) is 14.4. The average molecular weight is 297 g/mol. The molecule has 1 fully saturated rings. The van der Waals surface area contributed by atoms with Crippen LogP contribution in [0.15, 0.2) is 24.3 Å². The third-order valence-electron chi connectivity index (χ3n) is 3.44. The van der Waals surface area contributed by atoms with Crippen LogP contribution in [0.3, 0.4) is 0 Å². The maximum atomic E-state index is 12.1. The smallest absolute Gasteiger partial charge is 0.317 e. The number of amides is 2. The average Bonchev–Trinajstić information content (AvgIpc) is 2.46. The van der Waals surface area contributed by atoms with Crippen molar-refractivity contribution in [2.45, 2.75) is 6.54 Å². The van der Waals surface area contributed by atoms with Crippen molar-refractivity contribution >= 4 is 17.6 Å². The Balaban J connectivity index is 1.76. The van der Waals surface area contributed by atoms with Crippen LogP contribution in [0.4, 0.5) is 4.79 Å². The summed E-state index contributed by atoms with van der Waals surface area (Å²) < 4.78 is 0. The van der Waals surface area contributed by atoms with Crippen molar-refractivity contribution in [1.82, 2.24) is 15.1 Å². The molecule has 1 saturated heterocycles. The summed E-state index contributed by atoms with van der Waals surface area (Å²) in [6.07, 6.45) is 0. The van der Waals surface area contributed by atoms with Gasteiger partial charge in [-0.05, 0) is 17.7 Å². The van der Waals surface area contributed by atoms with Crippen molar-refractivity contribution in [3.8, 4) is 0 Å². The van der Waals surface area contributed by atoms with E-state index >= 15 is 0 Å². The molecule has 1 aromatic rings. The standard InChI is InChI=1S/C14H21ClN4O/c15-13-3-1-2-12(10-13)11-17-14(20)19-8-6-18(5-4-16)7-9-19/h1-3,10H,4-9,11,16H2,(H,17,20). The number of rotatable bonds is 4. The van der Waals surface area contributed by atoms with Crippen molar-refractivity contribution in [1.29, 1.82) is 0 Å². The molecule has 0 unspecified atom stereocenters. The zero-order valence-corrected chi connectivity index (χ0v) is 12.3. The minimum Gasteiger partial charge on any atom is -0.334 e. The minimum atomic E-state index is -0.0163. The molecule has 0 radical (unpaired) electrons. The van der Waals surface area contributed by atoms with Gasteiger partial charge in [0.05, 0.1) is 0 Å². The zero-order valence-electron chi connectivity index (χ0n) is 11.5. The lowest BCUT2D eigenvalue weighted by molar-refractivity contribution is 0.141. The van der Waals surface area contributed by atoms with Crippen molar-refractivity contribution in [2.24, 2.45) is 5.73 Å². The largest absolute Gasteiger partial charge is 0.334 e. The van der Waals surface area contributed by atoms with Crippen LogP contribution < -0.4 is 11.1 Å². The quantitative estimate of drug-likeness (QED) is 0.875. The number of nitrogens with one attached hydrogen (secondary N) is 1. The molecule has 0 bridgehead atoms. The van der Waals surface area contributed by atoms with Gasteiger partial charge >= 0.3 is 6.03 Å². The summed E-state index contributed by atoms with van der Waals surface area (Å²) in [5, 5.41) is 3.62. The number of nitrogens with zero attached hydrogens (tertiary/aromatic N) is 2. The highest BCUT2D eigenvalue weighted by atomic mass is 35.5. The molecule has 0 atom stereocenters. The van der Waals surface area contributed by atoms with Crippen molar-refractivity contribution in [2.75, 3.05) is 39.3 Å². The molecule has 5 nitrogen and oxygen atoms in total. The second-order valence-electron chi connectivity index (χ2n) is 4.91. The molecule has 0 aliphatic carbocycles. The highest BCUT2D eigenvalue weighted by molar-refractivity contribution is 6.30. The van der Waals surface area contributed by atoms with Gasteiger partial charge in [-0.15, -0.1) is 0 Å². The van der Waals surface area contributed by atoms with E-state index in [-0.39, 0.29) is 6.03 Å². The van der Waals surface area contributed by atoms with E-state index in [1.807, 2.05) is 29.2 Å². The van der Waals surface area contributed by atoms with Gasteiger partial charge < -0.3 is 16.0 Å². The first-order valence-electron chi connectivity index (χ1n) is 6.88. The summed E-state index contributed by atoms with van der Waals surface area (Å²) in [6, 6.07) is 7.50. The Labute approximate surface area is 124 Å². The van der Waals surface area contributed by atoms with Crippen molar-refractivity contribution in [3.05, 3.63) is 34.9 Å². The van der Waals surface area contributed by atoms with E-state index in [0.29, 0.717) is 18.1 Å². The first-order valence-corrected chi connectivity index (χ1v) is 7.26. The Kier molecular flexibility index (Phi) is 5.64. The van der Waals surface area contributed by atoms with Gasteiger partial charge in [-0.3, -0.25) is 4.90 Å². The number of hydrogen-bond donors (Lipinski definition) is 2. The van der Waals surface area contributed by atoms with Crippen LogP contribution in [0.2, 0.25) is 5.02 Å². The second-order valence-corrected chi connectivity index (χ2v) is 5.34. The Morgan fingerprint density at radius 2 is 2.05 bits per heavy atom. The van der Waals surface area contributed by atoms with E-state index in [2.05, 4.69) is 10.2 Å². The molecule has 2 amide bonds. The SMILES string of the molecule is NCCN1CCN(C(=O)NCc2cccc(Cl)c2)CC1. The molecule has 0 saturated carbocycles. The van der Waals surface area contributed by atoms with Gasteiger partial charge in [0.25, 0.3) is 0 Å². The Bertz CT molecular complexity index is 447. The summed E-state index contributed by atoms with van der Waals surface area (Å²) in [4.78, 5) is 16.2. The maximum Gasteiger partial charge on any atom is 0.317 e. The molecule has 110 valence electrons. The lowest BCUT2D eigenvalue weighted by Crippen LogP contribution is -2.52. The summed E-state index contributed by atoms with van der Waals surface area (Å²) in [5.74, 6) is 0. The molecule has 2 rings (SSSR count). The van der Waals surface area contributed by atoms with E-state index in [9.17, 15) is 4.79 Å². The lowest BCUT2D eigenvalue weighted by Gasteiger charge is -2.34. The van der Waals surface area contributed by atoms with E-state index in [4.69, 9.17) is 17.3 Å². The minimum absolute atomic E-state index is 0.0163. The van der Waals surface area contributed by atoms with Crippen molar-refractivity contribution in [3.63, 3.8) is 0 Å². The predicted octanol–water partition coefficient (Wildman–Crippen LogP) is 1.13. The number of halogens is 1. The van der Waals surface area contributed by atoms with Gasteiger partial charge in [0, 0.05) is 50.8 Å². The lowest BCUT2D eigenvalue weighted by atomic mass is 10.2. The van der Waals surface area contributed by atoms with Gasteiger partial charge in [0.1, 0.15) is 0 Å². The fourth-order valence-corrected chi connectivity index (χ4v) is 2.51. The summed E-state index contributed by atoms with van der Waals surface area (Å²) >= 11 is 5.92. The van der Waals surface area contributed by atoms with Crippen LogP contribution in [0.1, 0.15) is 5.56 Å². The Morgan fingerprint density at radius 3 is 2.70 bits per heavy atom. The number of benzene rings is 1. The fraction of sp³-hybridized carbons (Fsp3) is 0.500. The first-order chi connectivity index (χ1) is 9.69. The second kappa shape index (κ2) is 7.47.